The summed E-state index contributed by atoms with van der Waals surface area (Å²) in [6.45, 7) is 1.92. The van der Waals surface area contributed by atoms with E-state index < -0.39 is 34.8 Å². The van der Waals surface area contributed by atoms with E-state index in [1.54, 1.807) is 6.33 Å². The number of carbonyl (C=O) groups is 1. The van der Waals surface area contributed by atoms with Gasteiger partial charge in [0, 0.05) is 25.8 Å². The topological polar surface area (TPSA) is 81.5 Å². The molecule has 1 unspecified atom stereocenters. The molecule has 11 heteroatoms. The van der Waals surface area contributed by atoms with E-state index in [4.69, 9.17) is 0 Å². The second-order valence-corrected chi connectivity index (χ2v) is 8.85. The van der Waals surface area contributed by atoms with Crippen LogP contribution in [0, 0.1) is 11.8 Å². The number of hydrogen-bond acceptors (Lipinski definition) is 5. The fourth-order valence-corrected chi connectivity index (χ4v) is 4.43. The van der Waals surface area contributed by atoms with Gasteiger partial charge in [-0.25, -0.2) is 9.29 Å². The Kier molecular flexibility index (Phi) is 6.07. The van der Waals surface area contributed by atoms with Gasteiger partial charge < -0.3 is 14.0 Å². The molecule has 1 amide bonds. The van der Waals surface area contributed by atoms with Crippen LogP contribution in [0.3, 0.4) is 0 Å². The first-order valence-corrected chi connectivity index (χ1v) is 11.1. The van der Waals surface area contributed by atoms with Gasteiger partial charge in [0.15, 0.2) is 0 Å². The Labute approximate surface area is 180 Å². The van der Waals surface area contributed by atoms with Gasteiger partial charge in [-0.2, -0.15) is 13.2 Å². The van der Waals surface area contributed by atoms with Crippen molar-refractivity contribution in [1.29, 1.82) is 0 Å². The number of alkyl halides is 3. The molecule has 0 N–H and O–H groups in total. The van der Waals surface area contributed by atoms with Crippen LogP contribution in [-0.4, -0.2) is 37.3 Å². The highest BCUT2D eigenvalue weighted by Gasteiger charge is 2.33. The van der Waals surface area contributed by atoms with Crippen LogP contribution >= 0.6 is 0 Å². The standard InChI is InChI=1S/C20H23F3N4O3S/c21-20(22,23)16-5-7-17(8-6-16)27(31(29)30)19(28)15-2-1-9-26(11-15)18-12-25(13-24-18)10-14-3-4-14/h5-8,12-15H,1-4,9-11H2,(H,29,30)/p-1/t15-/m1/s1. The number of hydrogen-bond donors (Lipinski definition) is 0. The lowest BCUT2D eigenvalue weighted by atomic mass is 9.97. The average molecular weight is 455 g/mol. The minimum absolute atomic E-state index is 0.114. The van der Waals surface area contributed by atoms with Crippen molar-refractivity contribution in [3.05, 3.63) is 42.4 Å². The van der Waals surface area contributed by atoms with Gasteiger partial charge in [0.25, 0.3) is 0 Å². The number of anilines is 2. The maximum Gasteiger partial charge on any atom is 0.416 e. The molecule has 1 aromatic heterocycles. The van der Waals surface area contributed by atoms with Gasteiger partial charge in [-0.1, -0.05) is 0 Å². The highest BCUT2D eigenvalue weighted by Crippen LogP contribution is 2.33. The molecule has 0 radical (unpaired) electrons. The number of amides is 1. The van der Waals surface area contributed by atoms with Crippen molar-refractivity contribution in [1.82, 2.24) is 9.55 Å². The van der Waals surface area contributed by atoms with Gasteiger partial charge in [0.2, 0.25) is 5.91 Å². The third-order valence-corrected chi connectivity index (χ3v) is 6.35. The summed E-state index contributed by atoms with van der Waals surface area (Å²) in [5.41, 5.74) is -1.02. The first kappa shape index (κ1) is 21.8. The zero-order valence-corrected chi connectivity index (χ0v) is 17.4. The number of aromatic nitrogens is 2. The van der Waals surface area contributed by atoms with Crippen molar-refractivity contribution in [3.8, 4) is 0 Å². The van der Waals surface area contributed by atoms with Crippen LogP contribution < -0.4 is 9.21 Å². The van der Waals surface area contributed by atoms with E-state index in [0.29, 0.717) is 36.2 Å². The summed E-state index contributed by atoms with van der Waals surface area (Å²) in [7, 11) is 0. The Bertz CT molecular complexity index is 959. The van der Waals surface area contributed by atoms with E-state index in [-0.39, 0.29) is 5.69 Å². The van der Waals surface area contributed by atoms with Crippen LogP contribution in [0.1, 0.15) is 31.2 Å². The molecule has 2 heterocycles. The van der Waals surface area contributed by atoms with E-state index >= 15 is 0 Å². The van der Waals surface area contributed by atoms with Crippen LogP contribution in [0.5, 0.6) is 0 Å². The Morgan fingerprint density at radius 2 is 1.94 bits per heavy atom. The van der Waals surface area contributed by atoms with Crippen LogP contribution in [-0.2, 0) is 28.8 Å². The van der Waals surface area contributed by atoms with Crippen LogP contribution in [0.15, 0.2) is 36.8 Å². The van der Waals surface area contributed by atoms with Gasteiger partial charge in [0.05, 0.1) is 34.8 Å². The quantitative estimate of drug-likeness (QED) is 0.624. The van der Waals surface area contributed by atoms with Crippen LogP contribution in [0.4, 0.5) is 24.7 Å². The van der Waals surface area contributed by atoms with Crippen LogP contribution in [0.25, 0.3) is 0 Å². The highest BCUT2D eigenvalue weighted by molar-refractivity contribution is 7.81. The van der Waals surface area contributed by atoms with Crippen molar-refractivity contribution in [2.45, 2.75) is 38.4 Å². The van der Waals surface area contributed by atoms with E-state index in [1.807, 2.05) is 15.7 Å². The molecule has 168 valence electrons. The Balaban J connectivity index is 1.48. The molecule has 2 aromatic rings. The minimum atomic E-state index is -4.54. The largest absolute Gasteiger partial charge is 0.755 e. The van der Waals surface area contributed by atoms with E-state index in [0.717, 1.165) is 36.6 Å². The van der Waals surface area contributed by atoms with Crippen molar-refractivity contribution in [2.24, 2.45) is 11.8 Å². The molecule has 2 fully saturated rings. The molecule has 0 spiro atoms. The minimum Gasteiger partial charge on any atom is -0.755 e. The molecule has 7 nitrogen and oxygen atoms in total. The molecule has 1 saturated carbocycles. The molecule has 1 aliphatic heterocycles. The van der Waals surface area contributed by atoms with Gasteiger partial charge in [0.1, 0.15) is 5.82 Å². The van der Waals surface area contributed by atoms with E-state index in [2.05, 4.69) is 4.98 Å². The lowest BCUT2D eigenvalue weighted by Crippen LogP contribution is -2.45. The lowest BCUT2D eigenvalue weighted by Gasteiger charge is -2.35. The van der Waals surface area contributed by atoms with Crippen molar-refractivity contribution < 1.29 is 26.7 Å². The smallest absolute Gasteiger partial charge is 0.416 e. The monoisotopic (exact) mass is 455 g/mol. The summed E-state index contributed by atoms with van der Waals surface area (Å²) < 4.78 is 64.5. The summed E-state index contributed by atoms with van der Waals surface area (Å²) in [5.74, 6) is 0.169. The zero-order valence-electron chi connectivity index (χ0n) is 16.6. The summed E-state index contributed by atoms with van der Waals surface area (Å²) in [6, 6.07) is 3.53. The van der Waals surface area contributed by atoms with Crippen molar-refractivity contribution in [3.63, 3.8) is 0 Å². The Morgan fingerprint density at radius 3 is 2.55 bits per heavy atom. The molecule has 4 rings (SSSR count). The normalized spacial score (nSPS) is 20.5. The molecule has 2 atom stereocenters. The molecule has 2 aliphatic rings. The Hall–Kier alpha value is -2.40. The fourth-order valence-electron chi connectivity index (χ4n) is 3.84. The van der Waals surface area contributed by atoms with Gasteiger partial charge in [-0.05, 0) is 55.9 Å². The lowest BCUT2D eigenvalue weighted by molar-refractivity contribution is -0.137. The average Bonchev–Trinajstić information content (AvgIpc) is 3.42. The number of carbonyl (C=O) groups excluding carboxylic acids is 1. The first-order chi connectivity index (χ1) is 14.7. The number of nitrogens with zero attached hydrogens (tertiary/aromatic N) is 4. The predicted octanol–water partition coefficient (Wildman–Crippen LogP) is 3.36. The second kappa shape index (κ2) is 8.62. The number of imidazole rings is 1. The number of piperidine rings is 1. The van der Waals surface area contributed by atoms with Gasteiger partial charge >= 0.3 is 6.18 Å². The predicted molar refractivity (Wildman–Crippen MR) is 108 cm³/mol. The van der Waals surface area contributed by atoms with Gasteiger partial charge in [-0.3, -0.25) is 9.00 Å². The molecule has 1 aromatic carbocycles. The third-order valence-electron chi connectivity index (χ3n) is 5.66. The van der Waals surface area contributed by atoms with Crippen molar-refractivity contribution >= 4 is 28.7 Å². The molecule has 0 bridgehead atoms. The third kappa shape index (κ3) is 5.09. The molecular weight excluding hydrogens is 433 g/mol. The SMILES string of the molecule is O=C([C@@H]1CCCN(c2cn(CC3CC3)cn2)C1)N(c1ccc(C(F)(F)F)cc1)S(=O)[O-]. The summed E-state index contributed by atoms with van der Waals surface area (Å²) >= 11 is -2.95. The maximum atomic E-state index is 13.0. The maximum absolute atomic E-state index is 13.0. The Morgan fingerprint density at radius 1 is 1.23 bits per heavy atom. The number of rotatable bonds is 6. The first-order valence-electron chi connectivity index (χ1n) is 10.1. The number of benzene rings is 1. The fraction of sp³-hybridized carbons (Fsp3) is 0.500. The van der Waals surface area contributed by atoms with Gasteiger partial charge in [-0.15, -0.1) is 0 Å². The van der Waals surface area contributed by atoms with Crippen LogP contribution in [0.2, 0.25) is 0 Å². The van der Waals surface area contributed by atoms with Crippen molar-refractivity contribution in [2.75, 3.05) is 22.3 Å². The highest BCUT2D eigenvalue weighted by atomic mass is 32.2. The summed E-state index contributed by atoms with van der Waals surface area (Å²) in [6.07, 6.45) is 2.77. The summed E-state index contributed by atoms with van der Waals surface area (Å²) in [4.78, 5) is 19.4. The van der Waals surface area contributed by atoms with E-state index in [1.165, 1.54) is 12.8 Å². The molecule has 1 aliphatic carbocycles. The molecule has 1 saturated heterocycles. The van der Waals surface area contributed by atoms with E-state index in [9.17, 15) is 26.7 Å². The second-order valence-electron chi connectivity index (χ2n) is 8.05. The zero-order chi connectivity index (χ0) is 22.2. The molecule has 31 heavy (non-hydrogen) atoms. The number of halogens is 3. The summed E-state index contributed by atoms with van der Waals surface area (Å²) in [5, 5.41) is 0. The molecular formula is C20H22F3N4O3S-.